The Morgan fingerprint density at radius 2 is 2.19 bits per heavy atom. The summed E-state index contributed by atoms with van der Waals surface area (Å²) in [7, 11) is 5.68. The van der Waals surface area contributed by atoms with Crippen molar-refractivity contribution in [3.8, 4) is 0 Å². The summed E-state index contributed by atoms with van der Waals surface area (Å²) < 4.78 is 0. The largest absolute Gasteiger partial charge is 0.363 e. The van der Waals surface area contributed by atoms with Gasteiger partial charge >= 0.3 is 0 Å². The summed E-state index contributed by atoms with van der Waals surface area (Å²) in [6, 6.07) is 0.0874. The molecular weight excluding hydrogens is 226 g/mol. The van der Waals surface area contributed by atoms with Crippen LogP contribution in [0.5, 0.6) is 0 Å². The zero-order valence-electron chi connectivity index (χ0n) is 9.94. The van der Waals surface area contributed by atoms with Crippen LogP contribution < -0.4 is 10.6 Å². The van der Waals surface area contributed by atoms with Gasteiger partial charge in [-0.1, -0.05) is 11.3 Å². The molecule has 0 aliphatic carbocycles. The third-order valence-electron chi connectivity index (χ3n) is 1.85. The van der Waals surface area contributed by atoms with Crippen molar-refractivity contribution in [1.82, 2.24) is 20.4 Å². The van der Waals surface area contributed by atoms with Crippen LogP contribution in [0.1, 0.15) is 16.7 Å². The second kappa shape index (κ2) is 5.76. The standard InChI is InChI=1S/C9H17N5OS/c1-6(5-14(3)4)11-7(15)8-12-13-9(10-2)16-8/h6H,5H2,1-4H3,(H,10,13)(H,11,15). The third-order valence-corrected chi connectivity index (χ3v) is 2.79. The highest BCUT2D eigenvalue weighted by molar-refractivity contribution is 7.17. The highest BCUT2D eigenvalue weighted by Gasteiger charge is 2.14. The van der Waals surface area contributed by atoms with Crippen molar-refractivity contribution in [1.29, 1.82) is 0 Å². The number of hydrogen-bond acceptors (Lipinski definition) is 6. The van der Waals surface area contributed by atoms with Gasteiger partial charge in [0, 0.05) is 19.6 Å². The summed E-state index contributed by atoms with van der Waals surface area (Å²) in [5.74, 6) is -0.173. The average molecular weight is 243 g/mol. The van der Waals surface area contributed by atoms with E-state index >= 15 is 0 Å². The molecule has 0 bridgehead atoms. The normalized spacial score (nSPS) is 12.6. The van der Waals surface area contributed by atoms with Crippen LogP contribution in [0, 0.1) is 0 Å². The van der Waals surface area contributed by atoms with E-state index in [1.165, 1.54) is 11.3 Å². The smallest absolute Gasteiger partial charge is 0.282 e. The number of carbonyl (C=O) groups is 1. The van der Waals surface area contributed by atoms with Crippen molar-refractivity contribution in [2.75, 3.05) is 33.0 Å². The molecule has 1 heterocycles. The summed E-state index contributed by atoms with van der Waals surface area (Å²) in [5.41, 5.74) is 0. The molecule has 0 spiro atoms. The van der Waals surface area contributed by atoms with Crippen LogP contribution in [0.15, 0.2) is 0 Å². The highest BCUT2D eigenvalue weighted by Crippen LogP contribution is 2.13. The van der Waals surface area contributed by atoms with Crippen molar-refractivity contribution in [2.24, 2.45) is 0 Å². The Morgan fingerprint density at radius 3 is 2.69 bits per heavy atom. The second-order valence-electron chi connectivity index (χ2n) is 3.80. The molecule has 0 saturated carbocycles. The fourth-order valence-corrected chi connectivity index (χ4v) is 1.90. The van der Waals surface area contributed by atoms with Crippen molar-refractivity contribution < 1.29 is 4.79 Å². The summed E-state index contributed by atoms with van der Waals surface area (Å²) in [4.78, 5) is 13.7. The molecule has 16 heavy (non-hydrogen) atoms. The molecule has 1 aromatic heterocycles. The number of aromatic nitrogens is 2. The second-order valence-corrected chi connectivity index (χ2v) is 4.78. The van der Waals surface area contributed by atoms with Crippen LogP contribution in [0.3, 0.4) is 0 Å². The van der Waals surface area contributed by atoms with E-state index < -0.39 is 0 Å². The topological polar surface area (TPSA) is 70.1 Å². The number of nitrogens with zero attached hydrogens (tertiary/aromatic N) is 3. The summed E-state index contributed by atoms with van der Waals surface area (Å²) in [6.07, 6.45) is 0. The van der Waals surface area contributed by atoms with Crippen molar-refractivity contribution in [3.05, 3.63) is 5.01 Å². The zero-order valence-corrected chi connectivity index (χ0v) is 10.8. The van der Waals surface area contributed by atoms with Gasteiger partial charge in [-0.3, -0.25) is 4.79 Å². The van der Waals surface area contributed by atoms with Crippen molar-refractivity contribution >= 4 is 22.4 Å². The molecule has 1 aromatic rings. The van der Waals surface area contributed by atoms with Crippen LogP contribution in [-0.4, -0.2) is 54.7 Å². The van der Waals surface area contributed by atoms with E-state index in [1.807, 2.05) is 25.9 Å². The Balaban J connectivity index is 2.51. The van der Waals surface area contributed by atoms with E-state index in [4.69, 9.17) is 0 Å². The molecule has 0 saturated heterocycles. The van der Waals surface area contributed by atoms with Gasteiger partial charge in [-0.2, -0.15) is 0 Å². The van der Waals surface area contributed by atoms with Gasteiger partial charge in [0.2, 0.25) is 10.1 Å². The van der Waals surface area contributed by atoms with Gasteiger partial charge in [0.25, 0.3) is 5.91 Å². The minimum atomic E-state index is -0.173. The summed E-state index contributed by atoms with van der Waals surface area (Å²) in [5, 5.41) is 14.3. The Labute approximate surface area is 99.1 Å². The first-order valence-corrected chi connectivity index (χ1v) is 5.81. The number of rotatable bonds is 5. The average Bonchev–Trinajstić information content (AvgIpc) is 2.64. The summed E-state index contributed by atoms with van der Waals surface area (Å²) in [6.45, 7) is 2.75. The molecule has 1 rings (SSSR count). The van der Waals surface area contributed by atoms with Gasteiger partial charge in [-0.05, 0) is 21.0 Å². The first-order valence-electron chi connectivity index (χ1n) is 4.99. The molecule has 0 fully saturated rings. The quantitative estimate of drug-likeness (QED) is 0.776. The predicted molar refractivity (Wildman–Crippen MR) is 64.9 cm³/mol. The fraction of sp³-hybridized carbons (Fsp3) is 0.667. The van der Waals surface area contributed by atoms with E-state index in [0.717, 1.165) is 6.54 Å². The molecule has 1 amide bonds. The minimum Gasteiger partial charge on any atom is -0.363 e. The lowest BCUT2D eigenvalue weighted by Crippen LogP contribution is -2.39. The van der Waals surface area contributed by atoms with Crippen molar-refractivity contribution in [2.45, 2.75) is 13.0 Å². The van der Waals surface area contributed by atoms with Crippen LogP contribution in [0.4, 0.5) is 5.13 Å². The Morgan fingerprint density at radius 1 is 1.50 bits per heavy atom. The fourth-order valence-electron chi connectivity index (χ4n) is 1.29. The number of nitrogens with one attached hydrogen (secondary N) is 2. The van der Waals surface area contributed by atoms with E-state index in [2.05, 4.69) is 20.8 Å². The van der Waals surface area contributed by atoms with Crippen LogP contribution >= 0.6 is 11.3 Å². The lowest BCUT2D eigenvalue weighted by Gasteiger charge is -2.17. The SMILES string of the molecule is CNc1nnc(C(=O)NC(C)CN(C)C)s1. The number of likely N-dealkylation sites (N-methyl/N-ethyl adjacent to an activating group) is 1. The van der Waals surface area contributed by atoms with Gasteiger partial charge in [0.05, 0.1) is 0 Å². The molecular formula is C9H17N5OS. The van der Waals surface area contributed by atoms with E-state index in [9.17, 15) is 4.79 Å². The molecule has 0 radical (unpaired) electrons. The highest BCUT2D eigenvalue weighted by atomic mass is 32.1. The van der Waals surface area contributed by atoms with Crippen LogP contribution in [0.25, 0.3) is 0 Å². The molecule has 0 aliphatic rings. The van der Waals surface area contributed by atoms with E-state index in [0.29, 0.717) is 10.1 Å². The maximum atomic E-state index is 11.7. The maximum Gasteiger partial charge on any atom is 0.282 e. The van der Waals surface area contributed by atoms with Gasteiger partial charge in [0.1, 0.15) is 0 Å². The number of amides is 1. The van der Waals surface area contributed by atoms with Gasteiger partial charge in [-0.15, -0.1) is 10.2 Å². The minimum absolute atomic E-state index is 0.0874. The molecule has 1 unspecified atom stereocenters. The summed E-state index contributed by atoms with van der Waals surface area (Å²) >= 11 is 1.24. The number of anilines is 1. The van der Waals surface area contributed by atoms with Crippen LogP contribution in [0.2, 0.25) is 0 Å². The zero-order chi connectivity index (χ0) is 12.1. The Bertz CT molecular complexity index is 351. The lowest BCUT2D eigenvalue weighted by atomic mass is 10.3. The first kappa shape index (κ1) is 12.9. The molecule has 0 aromatic carbocycles. The van der Waals surface area contributed by atoms with Crippen LogP contribution in [-0.2, 0) is 0 Å². The molecule has 0 aliphatic heterocycles. The molecule has 90 valence electrons. The molecule has 2 N–H and O–H groups in total. The predicted octanol–water partition coefficient (Wildman–Crippen LogP) is 0.260. The number of carbonyl (C=O) groups excluding carboxylic acids is 1. The Kier molecular flexibility index (Phi) is 4.63. The third kappa shape index (κ3) is 3.74. The monoisotopic (exact) mass is 243 g/mol. The van der Waals surface area contributed by atoms with Gasteiger partial charge in [0.15, 0.2) is 0 Å². The molecule has 6 nitrogen and oxygen atoms in total. The van der Waals surface area contributed by atoms with E-state index in [-0.39, 0.29) is 11.9 Å². The van der Waals surface area contributed by atoms with E-state index in [1.54, 1.807) is 7.05 Å². The first-order chi connectivity index (χ1) is 7.52. The lowest BCUT2D eigenvalue weighted by molar-refractivity contribution is 0.0933. The van der Waals surface area contributed by atoms with Gasteiger partial charge in [-0.25, -0.2) is 0 Å². The molecule has 1 atom stereocenters. The molecule has 7 heteroatoms. The van der Waals surface area contributed by atoms with Gasteiger partial charge < -0.3 is 15.5 Å². The maximum absolute atomic E-state index is 11.7. The number of hydrogen-bond donors (Lipinski definition) is 2. The Hall–Kier alpha value is -1.21. The van der Waals surface area contributed by atoms with Crippen molar-refractivity contribution in [3.63, 3.8) is 0 Å².